The summed E-state index contributed by atoms with van der Waals surface area (Å²) in [6.45, 7) is 1.46. The van der Waals surface area contributed by atoms with E-state index in [-0.39, 0.29) is 5.91 Å². The minimum atomic E-state index is -0.516. The van der Waals surface area contributed by atoms with E-state index in [2.05, 4.69) is 15.6 Å². The summed E-state index contributed by atoms with van der Waals surface area (Å²) in [5.41, 5.74) is 1.07. The second-order valence-electron chi connectivity index (χ2n) is 5.75. The maximum atomic E-state index is 12.3. The maximum absolute atomic E-state index is 12.3. The van der Waals surface area contributed by atoms with E-state index in [4.69, 9.17) is 4.74 Å². The molecule has 3 rings (SSSR count). The average Bonchev–Trinajstić information content (AvgIpc) is 2.96. The molecule has 0 spiro atoms. The van der Waals surface area contributed by atoms with Gasteiger partial charge in [-0.1, -0.05) is 30.3 Å². The van der Waals surface area contributed by atoms with Crippen LogP contribution in [0.5, 0.6) is 0 Å². The molecule has 8 heteroatoms. The van der Waals surface area contributed by atoms with E-state index < -0.39 is 18.2 Å². The Labute approximate surface area is 140 Å². The number of nitrogens with zero attached hydrogens (tertiary/aromatic N) is 3. The minimum Gasteiger partial charge on any atom is -0.383 e. The number of hydrogen-bond donors (Lipinski definition) is 2. The van der Waals surface area contributed by atoms with Gasteiger partial charge in [-0.05, 0) is 5.56 Å². The molecule has 2 aliphatic rings. The van der Waals surface area contributed by atoms with Gasteiger partial charge in [0.15, 0.2) is 12.0 Å². The number of guanidine groups is 1. The van der Waals surface area contributed by atoms with Crippen LogP contribution in [-0.4, -0.2) is 67.2 Å². The van der Waals surface area contributed by atoms with Gasteiger partial charge in [0, 0.05) is 20.7 Å². The number of methoxy groups -OCH3 is 1. The Kier molecular flexibility index (Phi) is 4.66. The summed E-state index contributed by atoms with van der Waals surface area (Å²) >= 11 is 0. The number of amides is 3. The second kappa shape index (κ2) is 6.88. The highest BCUT2D eigenvalue weighted by molar-refractivity contribution is 6.04. The van der Waals surface area contributed by atoms with Gasteiger partial charge in [0.1, 0.15) is 6.17 Å². The minimum absolute atomic E-state index is 0.323. The number of benzene rings is 1. The number of hydrogen-bond acceptors (Lipinski definition) is 4. The highest BCUT2D eigenvalue weighted by atomic mass is 16.5. The van der Waals surface area contributed by atoms with Crippen molar-refractivity contribution < 1.29 is 14.3 Å². The summed E-state index contributed by atoms with van der Waals surface area (Å²) in [7, 11) is 3.26. The third-order valence-electron chi connectivity index (χ3n) is 4.21. The molecule has 2 heterocycles. The molecule has 24 heavy (non-hydrogen) atoms. The molecular weight excluding hydrogens is 310 g/mol. The number of nitrogens with one attached hydrogen (secondary N) is 2. The normalized spacial score (nSPS) is 24.8. The fraction of sp³-hybridized carbons (Fsp3) is 0.438. The molecule has 1 aromatic carbocycles. The topological polar surface area (TPSA) is 86.3 Å². The van der Waals surface area contributed by atoms with Crippen LogP contribution in [0.15, 0.2) is 35.3 Å². The SMILES string of the molecule is COCCN1C(=NCc2ccccc2)NC2C1C(=O)NC(=O)N2C. The van der Waals surface area contributed by atoms with Crippen LogP contribution >= 0.6 is 0 Å². The van der Waals surface area contributed by atoms with Crippen LogP contribution in [0.25, 0.3) is 0 Å². The van der Waals surface area contributed by atoms with E-state index in [9.17, 15) is 9.59 Å². The molecule has 2 atom stereocenters. The van der Waals surface area contributed by atoms with Crippen LogP contribution in [0, 0.1) is 0 Å². The summed E-state index contributed by atoms with van der Waals surface area (Å²) in [5.74, 6) is 0.277. The zero-order valence-electron chi connectivity index (χ0n) is 13.7. The lowest BCUT2D eigenvalue weighted by Gasteiger charge is -2.35. The molecule has 0 bridgehead atoms. The largest absolute Gasteiger partial charge is 0.383 e. The first-order valence-electron chi connectivity index (χ1n) is 7.80. The first-order valence-corrected chi connectivity index (χ1v) is 7.80. The summed E-state index contributed by atoms with van der Waals surface area (Å²) < 4.78 is 5.14. The number of rotatable bonds is 5. The molecule has 0 saturated carbocycles. The van der Waals surface area contributed by atoms with Crippen molar-refractivity contribution in [1.82, 2.24) is 20.4 Å². The first-order chi connectivity index (χ1) is 11.6. The number of imide groups is 1. The van der Waals surface area contributed by atoms with Crippen molar-refractivity contribution in [3.05, 3.63) is 35.9 Å². The Morgan fingerprint density at radius 2 is 2.00 bits per heavy atom. The summed E-state index contributed by atoms with van der Waals surface area (Å²) in [6, 6.07) is 8.93. The fourth-order valence-corrected chi connectivity index (χ4v) is 2.90. The van der Waals surface area contributed by atoms with E-state index >= 15 is 0 Å². The highest BCUT2D eigenvalue weighted by Gasteiger charge is 2.49. The maximum Gasteiger partial charge on any atom is 0.325 e. The van der Waals surface area contributed by atoms with Crippen molar-refractivity contribution in [2.45, 2.75) is 18.8 Å². The average molecular weight is 331 g/mol. The van der Waals surface area contributed by atoms with Gasteiger partial charge in [0.05, 0.1) is 13.2 Å². The van der Waals surface area contributed by atoms with Crippen molar-refractivity contribution in [3.8, 4) is 0 Å². The molecule has 8 nitrogen and oxygen atoms in total. The van der Waals surface area contributed by atoms with Crippen molar-refractivity contribution in [1.29, 1.82) is 0 Å². The standard InChI is InChI=1S/C16H21N5O3/c1-20-13-12(14(22)19-16(20)23)21(8-9-24-2)15(18-13)17-10-11-6-4-3-5-7-11/h3-7,12-13H,8-10H2,1-2H3,(H,17,18)(H,19,22,23). The smallest absolute Gasteiger partial charge is 0.325 e. The lowest BCUT2D eigenvalue weighted by atomic mass is 10.1. The molecule has 1 aromatic rings. The van der Waals surface area contributed by atoms with E-state index in [1.54, 1.807) is 14.2 Å². The van der Waals surface area contributed by atoms with Gasteiger partial charge < -0.3 is 19.9 Å². The number of urea groups is 1. The molecule has 2 saturated heterocycles. The van der Waals surface area contributed by atoms with Crippen molar-refractivity contribution >= 4 is 17.9 Å². The molecule has 0 radical (unpaired) electrons. The summed E-state index contributed by atoms with van der Waals surface area (Å²) in [6.07, 6.45) is -0.433. The van der Waals surface area contributed by atoms with E-state index in [1.807, 2.05) is 35.2 Å². The molecule has 2 aliphatic heterocycles. The Hall–Kier alpha value is -2.61. The predicted octanol–water partition coefficient (Wildman–Crippen LogP) is -0.0295. The van der Waals surface area contributed by atoms with Crippen LogP contribution < -0.4 is 10.6 Å². The molecule has 2 unspecified atom stereocenters. The second-order valence-corrected chi connectivity index (χ2v) is 5.75. The van der Waals surface area contributed by atoms with Crippen LogP contribution in [0.4, 0.5) is 4.79 Å². The van der Waals surface area contributed by atoms with E-state index in [1.165, 1.54) is 4.90 Å². The van der Waals surface area contributed by atoms with Gasteiger partial charge in [-0.15, -0.1) is 0 Å². The van der Waals surface area contributed by atoms with Gasteiger partial charge in [0.2, 0.25) is 0 Å². The van der Waals surface area contributed by atoms with E-state index in [0.29, 0.717) is 25.7 Å². The lowest BCUT2D eigenvalue weighted by Crippen LogP contribution is -2.65. The fourth-order valence-electron chi connectivity index (χ4n) is 2.90. The van der Waals surface area contributed by atoms with Crippen LogP contribution in [0.1, 0.15) is 5.56 Å². The summed E-state index contributed by atoms with van der Waals surface area (Å²) in [4.78, 5) is 32.1. The van der Waals surface area contributed by atoms with Gasteiger partial charge in [0.25, 0.3) is 5.91 Å². The van der Waals surface area contributed by atoms with Crippen molar-refractivity contribution in [2.24, 2.45) is 4.99 Å². The third-order valence-corrected chi connectivity index (χ3v) is 4.21. The number of aliphatic imine (C=N–C) groups is 1. The summed E-state index contributed by atoms with van der Waals surface area (Å²) in [5, 5.41) is 5.57. The van der Waals surface area contributed by atoms with Crippen molar-refractivity contribution in [2.75, 3.05) is 27.3 Å². The Balaban J connectivity index is 1.84. The van der Waals surface area contributed by atoms with Crippen molar-refractivity contribution in [3.63, 3.8) is 0 Å². The van der Waals surface area contributed by atoms with Crippen LogP contribution in [-0.2, 0) is 16.1 Å². The van der Waals surface area contributed by atoms with E-state index in [0.717, 1.165) is 5.56 Å². The Morgan fingerprint density at radius 1 is 1.25 bits per heavy atom. The van der Waals surface area contributed by atoms with Gasteiger partial charge in [-0.3, -0.25) is 10.1 Å². The highest BCUT2D eigenvalue weighted by Crippen LogP contribution is 2.20. The van der Waals surface area contributed by atoms with Gasteiger partial charge in [-0.25, -0.2) is 9.79 Å². The Morgan fingerprint density at radius 3 is 2.71 bits per heavy atom. The number of ether oxygens (including phenoxy) is 1. The Bertz CT molecular complexity index is 648. The number of fused-ring (bicyclic) bond motifs is 1. The van der Waals surface area contributed by atoms with Crippen LogP contribution in [0.2, 0.25) is 0 Å². The van der Waals surface area contributed by atoms with Gasteiger partial charge >= 0.3 is 6.03 Å². The monoisotopic (exact) mass is 331 g/mol. The zero-order valence-corrected chi connectivity index (χ0v) is 13.7. The number of carbonyl (C=O) groups excluding carboxylic acids is 2. The van der Waals surface area contributed by atoms with Gasteiger partial charge in [-0.2, -0.15) is 0 Å². The number of likely N-dealkylation sites (N-methyl/N-ethyl adjacent to an activating group) is 1. The predicted molar refractivity (Wildman–Crippen MR) is 88.2 cm³/mol. The molecule has 2 fully saturated rings. The molecule has 0 aromatic heterocycles. The number of carbonyl (C=O) groups is 2. The van der Waals surface area contributed by atoms with Crippen LogP contribution in [0.3, 0.4) is 0 Å². The molecule has 3 amide bonds. The quantitative estimate of drug-likeness (QED) is 0.791. The first kappa shape index (κ1) is 16.3. The zero-order chi connectivity index (χ0) is 17.1. The molecule has 2 N–H and O–H groups in total. The molecule has 128 valence electrons. The lowest BCUT2D eigenvalue weighted by molar-refractivity contribution is -0.127. The third kappa shape index (κ3) is 3.05. The molecular formula is C16H21N5O3. The molecule has 0 aliphatic carbocycles.